The largest absolute Gasteiger partial charge is 0.461 e. The van der Waals surface area contributed by atoms with Crippen LogP contribution in [0.15, 0.2) is 0 Å². The number of hydrogen-bond acceptors (Lipinski definition) is 5. The zero-order valence-corrected chi connectivity index (χ0v) is 13.5. The van der Waals surface area contributed by atoms with E-state index in [0.29, 0.717) is 12.4 Å². The molecule has 1 fully saturated rings. The monoisotopic (exact) mass is 294 g/mol. The van der Waals surface area contributed by atoms with E-state index in [2.05, 4.69) is 24.0 Å². The van der Waals surface area contributed by atoms with Crippen LogP contribution >= 0.6 is 0 Å². The van der Waals surface area contributed by atoms with Gasteiger partial charge >= 0.3 is 5.97 Å². The molecule has 6 heteroatoms. The van der Waals surface area contributed by atoms with E-state index in [1.807, 2.05) is 11.5 Å². The van der Waals surface area contributed by atoms with Gasteiger partial charge in [0.15, 0.2) is 5.69 Å². The van der Waals surface area contributed by atoms with Crippen molar-refractivity contribution in [1.82, 2.24) is 14.5 Å². The van der Waals surface area contributed by atoms with Crippen molar-refractivity contribution < 1.29 is 9.53 Å². The Kier molecular flexibility index (Phi) is 4.56. The van der Waals surface area contributed by atoms with Gasteiger partial charge in [0, 0.05) is 18.5 Å². The van der Waals surface area contributed by atoms with Gasteiger partial charge in [-0.1, -0.05) is 6.92 Å². The minimum absolute atomic E-state index is 0.130. The van der Waals surface area contributed by atoms with Gasteiger partial charge in [-0.15, -0.1) is 0 Å². The van der Waals surface area contributed by atoms with Gasteiger partial charge in [-0.2, -0.15) is 0 Å². The predicted molar refractivity (Wildman–Crippen MR) is 82.2 cm³/mol. The average molecular weight is 294 g/mol. The number of nitrogen functional groups attached to an aromatic ring is 1. The van der Waals surface area contributed by atoms with Crippen LogP contribution in [-0.2, 0) is 17.7 Å². The number of aromatic nitrogens is 2. The topological polar surface area (TPSA) is 73.4 Å². The van der Waals surface area contributed by atoms with Gasteiger partial charge in [-0.3, -0.25) is 0 Å². The molecule has 0 bridgehead atoms. The Hall–Kier alpha value is -1.56. The van der Waals surface area contributed by atoms with E-state index >= 15 is 0 Å². The Balaban J connectivity index is 2.32. The molecular formula is C15H26N4O2. The summed E-state index contributed by atoms with van der Waals surface area (Å²) in [5.74, 6) is 0.845. The van der Waals surface area contributed by atoms with Gasteiger partial charge in [-0.25, -0.2) is 9.78 Å². The molecule has 1 aliphatic rings. The summed E-state index contributed by atoms with van der Waals surface area (Å²) >= 11 is 0. The zero-order valence-electron chi connectivity index (χ0n) is 13.5. The molecular weight excluding hydrogens is 268 g/mol. The number of imidazole rings is 1. The Morgan fingerprint density at radius 3 is 2.52 bits per heavy atom. The van der Waals surface area contributed by atoms with Crippen molar-refractivity contribution in [2.45, 2.75) is 51.6 Å². The van der Waals surface area contributed by atoms with Gasteiger partial charge in [0.1, 0.15) is 11.6 Å². The molecule has 0 spiro atoms. The molecule has 2 N–H and O–H groups in total. The van der Waals surface area contributed by atoms with Gasteiger partial charge in [0.25, 0.3) is 0 Å². The van der Waals surface area contributed by atoms with Crippen LogP contribution in [0.4, 0.5) is 5.82 Å². The fourth-order valence-corrected chi connectivity index (χ4v) is 2.94. The van der Waals surface area contributed by atoms with E-state index in [1.165, 1.54) is 6.42 Å². The lowest BCUT2D eigenvalue weighted by atomic mass is 9.75. The summed E-state index contributed by atoms with van der Waals surface area (Å²) in [6.07, 6.45) is 4.27. The molecule has 6 nitrogen and oxygen atoms in total. The Bertz CT molecular complexity index is 518. The highest BCUT2D eigenvalue weighted by Crippen LogP contribution is 2.38. The number of nitrogens with zero attached hydrogens (tertiary/aromatic N) is 3. The maximum absolute atomic E-state index is 11.9. The number of ether oxygens (including phenoxy) is 1. The van der Waals surface area contributed by atoms with Crippen LogP contribution in [0, 0.1) is 0 Å². The van der Waals surface area contributed by atoms with Crippen molar-refractivity contribution in [3.63, 3.8) is 0 Å². The van der Waals surface area contributed by atoms with E-state index in [9.17, 15) is 4.79 Å². The van der Waals surface area contributed by atoms with Crippen LogP contribution in [0.3, 0.4) is 0 Å². The molecule has 0 atom stereocenters. The molecule has 1 heterocycles. The highest BCUT2D eigenvalue weighted by molar-refractivity contribution is 5.92. The number of esters is 1. The molecule has 0 aromatic carbocycles. The fourth-order valence-electron chi connectivity index (χ4n) is 2.94. The number of nitrogens with two attached hydrogens (primary N) is 1. The molecule has 118 valence electrons. The molecule has 1 saturated carbocycles. The highest BCUT2D eigenvalue weighted by atomic mass is 16.5. The predicted octanol–water partition coefficient (Wildman–Crippen LogP) is 1.69. The van der Waals surface area contributed by atoms with Gasteiger partial charge in [0.2, 0.25) is 0 Å². The number of likely N-dealkylation sites (N-methyl/N-ethyl adjacent to an activating group) is 1. The number of anilines is 1. The minimum Gasteiger partial charge on any atom is -0.461 e. The van der Waals surface area contributed by atoms with Gasteiger partial charge < -0.3 is 19.9 Å². The molecule has 1 aromatic rings. The fraction of sp³-hybridized carbons (Fsp3) is 0.733. The lowest BCUT2D eigenvalue weighted by Crippen LogP contribution is -2.53. The van der Waals surface area contributed by atoms with Crippen LogP contribution in [-0.4, -0.2) is 46.7 Å². The van der Waals surface area contributed by atoms with Gasteiger partial charge in [-0.05, 0) is 40.3 Å². The summed E-state index contributed by atoms with van der Waals surface area (Å²) in [7, 11) is 4.20. The molecule has 0 amide bonds. The standard InChI is InChI=1S/C15H26N4O2/c1-5-11-17-12(14(20)21-6-2)13(16)19(11)10-15(18(3)4)8-7-9-15/h5-10,16H2,1-4H3. The maximum atomic E-state index is 11.9. The minimum atomic E-state index is -0.434. The lowest BCUT2D eigenvalue weighted by molar-refractivity contribution is 0.0421. The number of aryl methyl sites for hydroxylation is 1. The smallest absolute Gasteiger partial charge is 0.360 e. The highest BCUT2D eigenvalue weighted by Gasteiger charge is 2.40. The quantitative estimate of drug-likeness (QED) is 0.808. The molecule has 1 aliphatic carbocycles. The third-order valence-electron chi connectivity index (χ3n) is 4.56. The first-order valence-electron chi connectivity index (χ1n) is 7.64. The average Bonchev–Trinajstić information content (AvgIpc) is 2.70. The van der Waals surface area contributed by atoms with Gasteiger partial charge in [0.05, 0.1) is 6.61 Å². The van der Waals surface area contributed by atoms with E-state index in [0.717, 1.165) is 31.6 Å². The zero-order chi connectivity index (χ0) is 15.6. The maximum Gasteiger partial charge on any atom is 0.360 e. The summed E-state index contributed by atoms with van der Waals surface area (Å²) in [4.78, 5) is 18.6. The number of rotatable bonds is 6. The van der Waals surface area contributed by atoms with Crippen molar-refractivity contribution in [2.24, 2.45) is 0 Å². The van der Waals surface area contributed by atoms with Crippen molar-refractivity contribution in [3.8, 4) is 0 Å². The number of carbonyl (C=O) groups is 1. The van der Waals surface area contributed by atoms with Crippen molar-refractivity contribution in [2.75, 3.05) is 26.4 Å². The van der Waals surface area contributed by atoms with Crippen LogP contribution in [0.2, 0.25) is 0 Å². The Morgan fingerprint density at radius 1 is 1.43 bits per heavy atom. The Labute approximate surface area is 126 Å². The van der Waals surface area contributed by atoms with E-state index in [1.54, 1.807) is 6.92 Å². The number of hydrogen-bond donors (Lipinski definition) is 1. The van der Waals surface area contributed by atoms with E-state index < -0.39 is 5.97 Å². The molecule has 0 aliphatic heterocycles. The first kappa shape index (κ1) is 15.8. The molecule has 2 rings (SSSR count). The normalized spacial score (nSPS) is 16.8. The summed E-state index contributed by atoms with van der Waals surface area (Å²) in [6, 6.07) is 0. The summed E-state index contributed by atoms with van der Waals surface area (Å²) in [5, 5.41) is 0. The van der Waals surface area contributed by atoms with Crippen molar-refractivity contribution in [3.05, 3.63) is 11.5 Å². The second-order valence-corrected chi connectivity index (χ2v) is 5.89. The SMILES string of the molecule is CCOC(=O)c1nc(CC)n(CC2(N(C)C)CCC2)c1N. The van der Waals surface area contributed by atoms with Crippen LogP contribution in [0.25, 0.3) is 0 Å². The summed E-state index contributed by atoms with van der Waals surface area (Å²) < 4.78 is 7.03. The van der Waals surface area contributed by atoms with E-state index in [-0.39, 0.29) is 11.2 Å². The Morgan fingerprint density at radius 2 is 2.10 bits per heavy atom. The first-order valence-corrected chi connectivity index (χ1v) is 7.64. The third-order valence-corrected chi connectivity index (χ3v) is 4.56. The summed E-state index contributed by atoms with van der Waals surface area (Å²) in [6.45, 7) is 4.91. The van der Waals surface area contributed by atoms with Crippen LogP contribution < -0.4 is 5.73 Å². The van der Waals surface area contributed by atoms with Crippen LogP contribution in [0.5, 0.6) is 0 Å². The second-order valence-electron chi connectivity index (χ2n) is 5.89. The summed E-state index contributed by atoms with van der Waals surface area (Å²) in [5.41, 5.74) is 6.56. The molecule has 0 saturated heterocycles. The van der Waals surface area contributed by atoms with Crippen LogP contribution in [0.1, 0.15) is 49.4 Å². The molecule has 0 radical (unpaired) electrons. The lowest BCUT2D eigenvalue weighted by Gasteiger charge is -2.47. The van der Waals surface area contributed by atoms with E-state index in [4.69, 9.17) is 10.5 Å². The van der Waals surface area contributed by atoms with Crippen molar-refractivity contribution >= 4 is 11.8 Å². The van der Waals surface area contributed by atoms with Crippen molar-refractivity contribution in [1.29, 1.82) is 0 Å². The third kappa shape index (κ3) is 2.77. The second kappa shape index (κ2) is 6.05. The molecule has 21 heavy (non-hydrogen) atoms. The first-order chi connectivity index (χ1) is 9.95. The molecule has 0 unspecified atom stereocenters. The number of carbonyl (C=O) groups excluding carboxylic acids is 1. The molecule has 1 aromatic heterocycles.